The summed E-state index contributed by atoms with van der Waals surface area (Å²) in [6.45, 7) is 2.41. The molecule has 0 saturated carbocycles. The van der Waals surface area contributed by atoms with Crippen LogP contribution in [-0.4, -0.2) is 37.1 Å². The van der Waals surface area contributed by atoms with Gasteiger partial charge in [0.05, 0.1) is 24.7 Å². The van der Waals surface area contributed by atoms with E-state index in [1.54, 1.807) is 30.3 Å². The van der Waals surface area contributed by atoms with Gasteiger partial charge in [-0.2, -0.15) is 0 Å². The minimum Gasteiger partial charge on any atom is -0.494 e. The number of rotatable bonds is 8. The van der Waals surface area contributed by atoms with E-state index in [2.05, 4.69) is 4.72 Å². The monoisotopic (exact) mass is 474 g/mol. The van der Waals surface area contributed by atoms with E-state index < -0.39 is 27.8 Å². The summed E-state index contributed by atoms with van der Waals surface area (Å²) in [6, 6.07) is 13.5. The minimum absolute atomic E-state index is 0.127. The second-order valence-corrected chi connectivity index (χ2v) is 9.67. The molecule has 174 valence electrons. The van der Waals surface area contributed by atoms with Gasteiger partial charge in [0, 0.05) is 34.8 Å². The van der Waals surface area contributed by atoms with Crippen molar-refractivity contribution in [3.8, 4) is 5.75 Å². The Hall–Kier alpha value is -3.17. The maximum Gasteiger partial charge on any atom is 0.229 e. The van der Waals surface area contributed by atoms with E-state index in [1.807, 2.05) is 11.5 Å². The first kappa shape index (κ1) is 23.0. The van der Waals surface area contributed by atoms with Crippen molar-refractivity contribution >= 4 is 37.5 Å². The third-order valence-corrected chi connectivity index (χ3v) is 5.91. The van der Waals surface area contributed by atoms with Crippen molar-refractivity contribution in [2.45, 2.75) is 26.0 Å². The van der Waals surface area contributed by atoms with Crippen LogP contribution in [0.2, 0.25) is 0 Å². The number of nitrogens with one attached hydrogen (secondary N) is 1. The largest absolute Gasteiger partial charge is 0.494 e. The van der Waals surface area contributed by atoms with Crippen molar-refractivity contribution in [2.24, 2.45) is 0 Å². The molecule has 0 spiro atoms. The molecule has 6 nitrogen and oxygen atoms in total. The number of sulfonamides is 1. The molecule has 4 aromatic rings. The Morgan fingerprint density at radius 1 is 1.00 bits per heavy atom. The van der Waals surface area contributed by atoms with Crippen LogP contribution in [0.5, 0.6) is 5.75 Å². The number of ether oxygens (including phenoxy) is 1. The molecule has 1 atom stereocenters. The highest BCUT2D eigenvalue weighted by atomic mass is 32.2. The van der Waals surface area contributed by atoms with E-state index in [1.165, 1.54) is 24.3 Å². The highest BCUT2D eigenvalue weighted by Gasteiger charge is 2.18. The zero-order valence-corrected chi connectivity index (χ0v) is 19.0. The number of aliphatic hydroxyl groups is 1. The SMILES string of the molecule is CCOc1ccc(NS(C)(=O)=O)c(CC(O)Cn2c3ccc(F)cc3c3cc(F)ccc32)c1. The predicted molar refractivity (Wildman–Crippen MR) is 125 cm³/mol. The van der Waals surface area contributed by atoms with E-state index >= 15 is 0 Å². The number of halogens is 2. The summed E-state index contributed by atoms with van der Waals surface area (Å²) < 4.78 is 61.1. The summed E-state index contributed by atoms with van der Waals surface area (Å²) in [5.41, 5.74) is 2.24. The molecule has 1 aromatic heterocycles. The molecule has 4 rings (SSSR count). The Balaban J connectivity index is 1.71. The Morgan fingerprint density at radius 3 is 2.15 bits per heavy atom. The fourth-order valence-electron chi connectivity index (χ4n) is 4.07. The number of fused-ring (bicyclic) bond motifs is 3. The Kier molecular flexibility index (Phi) is 6.27. The second kappa shape index (κ2) is 8.99. The molecular weight excluding hydrogens is 450 g/mol. The predicted octanol–water partition coefficient (Wildman–Crippen LogP) is 4.45. The number of anilines is 1. The highest BCUT2D eigenvalue weighted by molar-refractivity contribution is 7.92. The topological polar surface area (TPSA) is 80.6 Å². The maximum atomic E-state index is 13.9. The Bertz CT molecular complexity index is 1370. The van der Waals surface area contributed by atoms with Gasteiger partial charge >= 0.3 is 0 Å². The van der Waals surface area contributed by atoms with Gasteiger partial charge in [-0.15, -0.1) is 0 Å². The molecular formula is C24H24F2N2O4S. The van der Waals surface area contributed by atoms with E-state index in [0.717, 1.165) is 6.26 Å². The standard InChI is InChI=1S/C24H24F2N2O4S/c1-3-32-19-6-7-22(27-33(2,30)31)15(11-19)10-18(29)14-28-23-8-4-16(25)12-20(23)21-13-17(26)5-9-24(21)28/h4-9,11-13,18,27,29H,3,10,14H2,1-2H3. The van der Waals surface area contributed by atoms with Gasteiger partial charge in [-0.25, -0.2) is 17.2 Å². The maximum absolute atomic E-state index is 13.9. The quantitative estimate of drug-likeness (QED) is 0.396. The van der Waals surface area contributed by atoms with Crippen LogP contribution in [0, 0.1) is 11.6 Å². The van der Waals surface area contributed by atoms with Gasteiger partial charge < -0.3 is 14.4 Å². The number of nitrogens with zero attached hydrogens (tertiary/aromatic N) is 1. The molecule has 0 aliphatic rings. The lowest BCUT2D eigenvalue weighted by atomic mass is 10.1. The lowest BCUT2D eigenvalue weighted by molar-refractivity contribution is 0.157. The Labute approximate surface area is 190 Å². The lowest BCUT2D eigenvalue weighted by Crippen LogP contribution is -2.20. The van der Waals surface area contributed by atoms with Crippen LogP contribution in [-0.2, 0) is 23.0 Å². The van der Waals surface area contributed by atoms with Crippen LogP contribution in [0.4, 0.5) is 14.5 Å². The summed E-state index contributed by atoms with van der Waals surface area (Å²) >= 11 is 0. The van der Waals surface area contributed by atoms with Gasteiger partial charge in [-0.1, -0.05) is 0 Å². The fourth-order valence-corrected chi connectivity index (χ4v) is 4.67. The van der Waals surface area contributed by atoms with Crippen LogP contribution < -0.4 is 9.46 Å². The van der Waals surface area contributed by atoms with Crippen LogP contribution in [0.3, 0.4) is 0 Å². The van der Waals surface area contributed by atoms with Crippen molar-refractivity contribution in [1.29, 1.82) is 0 Å². The fraction of sp³-hybridized carbons (Fsp3) is 0.250. The minimum atomic E-state index is -3.53. The third-order valence-electron chi connectivity index (χ3n) is 5.32. The molecule has 9 heteroatoms. The molecule has 0 aliphatic heterocycles. The van der Waals surface area contributed by atoms with E-state index in [-0.39, 0.29) is 13.0 Å². The van der Waals surface area contributed by atoms with Gasteiger partial charge in [-0.05, 0) is 67.1 Å². The first-order valence-corrected chi connectivity index (χ1v) is 12.3. The van der Waals surface area contributed by atoms with Gasteiger partial charge in [0.2, 0.25) is 10.0 Å². The van der Waals surface area contributed by atoms with Gasteiger partial charge in [-0.3, -0.25) is 4.72 Å². The molecule has 0 amide bonds. The zero-order valence-electron chi connectivity index (χ0n) is 18.2. The normalized spacial score (nSPS) is 12.9. The third kappa shape index (κ3) is 5.09. The van der Waals surface area contributed by atoms with Crippen LogP contribution in [0.25, 0.3) is 21.8 Å². The van der Waals surface area contributed by atoms with Gasteiger partial charge in [0.25, 0.3) is 0 Å². The van der Waals surface area contributed by atoms with E-state index in [9.17, 15) is 22.3 Å². The van der Waals surface area contributed by atoms with Gasteiger partial charge in [0.15, 0.2) is 0 Å². The van der Waals surface area contributed by atoms with Crippen LogP contribution in [0.15, 0.2) is 54.6 Å². The molecule has 0 radical (unpaired) electrons. The average molecular weight is 475 g/mol. The number of hydrogen-bond donors (Lipinski definition) is 2. The van der Waals surface area contributed by atoms with Crippen molar-refractivity contribution in [2.75, 3.05) is 17.6 Å². The zero-order chi connectivity index (χ0) is 23.8. The lowest BCUT2D eigenvalue weighted by Gasteiger charge is -2.18. The van der Waals surface area contributed by atoms with Crippen molar-refractivity contribution < 1.29 is 27.0 Å². The molecule has 2 N–H and O–H groups in total. The summed E-state index contributed by atoms with van der Waals surface area (Å²) in [7, 11) is -3.53. The second-order valence-electron chi connectivity index (χ2n) is 7.92. The molecule has 1 heterocycles. The van der Waals surface area contributed by atoms with Crippen molar-refractivity contribution in [3.63, 3.8) is 0 Å². The smallest absolute Gasteiger partial charge is 0.229 e. The van der Waals surface area contributed by atoms with Gasteiger partial charge in [0.1, 0.15) is 17.4 Å². The molecule has 0 fully saturated rings. The van der Waals surface area contributed by atoms with Crippen LogP contribution >= 0.6 is 0 Å². The Morgan fingerprint density at radius 2 is 1.61 bits per heavy atom. The summed E-state index contributed by atoms with van der Waals surface area (Å²) in [4.78, 5) is 0. The molecule has 1 unspecified atom stereocenters. The number of benzene rings is 3. The molecule has 3 aromatic carbocycles. The number of aromatic nitrogens is 1. The first-order chi connectivity index (χ1) is 15.6. The number of aliphatic hydroxyl groups excluding tert-OH is 1. The molecule has 0 bridgehead atoms. The first-order valence-electron chi connectivity index (χ1n) is 10.4. The van der Waals surface area contributed by atoms with E-state index in [4.69, 9.17) is 4.74 Å². The molecule has 0 aliphatic carbocycles. The summed E-state index contributed by atoms with van der Waals surface area (Å²) in [5, 5.41) is 12.1. The van der Waals surface area contributed by atoms with E-state index in [0.29, 0.717) is 45.4 Å². The average Bonchev–Trinajstić information content (AvgIpc) is 3.01. The number of hydrogen-bond acceptors (Lipinski definition) is 4. The van der Waals surface area contributed by atoms with Crippen LogP contribution in [0.1, 0.15) is 12.5 Å². The van der Waals surface area contributed by atoms with Crippen molar-refractivity contribution in [3.05, 3.63) is 71.8 Å². The van der Waals surface area contributed by atoms with Crippen molar-refractivity contribution in [1.82, 2.24) is 4.57 Å². The molecule has 0 saturated heterocycles. The molecule has 33 heavy (non-hydrogen) atoms. The summed E-state index contributed by atoms with van der Waals surface area (Å²) in [6.07, 6.45) is 0.262. The highest BCUT2D eigenvalue weighted by Crippen LogP contribution is 2.31. The summed E-state index contributed by atoms with van der Waals surface area (Å²) in [5.74, 6) is -0.312.